The summed E-state index contributed by atoms with van der Waals surface area (Å²) in [5.74, 6) is 0.632. The Morgan fingerprint density at radius 1 is 1.15 bits per heavy atom. The summed E-state index contributed by atoms with van der Waals surface area (Å²) in [5.41, 5.74) is 1.25. The van der Waals surface area contributed by atoms with Gasteiger partial charge in [-0.1, -0.05) is 31.9 Å². The molecule has 0 spiro atoms. The average molecular weight is 279 g/mol. The summed E-state index contributed by atoms with van der Waals surface area (Å²) in [7, 11) is 0. The molecule has 0 bridgehead atoms. The molecule has 112 valence electrons. The molecule has 0 atom stereocenters. The van der Waals surface area contributed by atoms with E-state index in [0.29, 0.717) is 6.54 Å². The molecule has 0 fully saturated rings. The highest BCUT2D eigenvalue weighted by atomic mass is 16.5. The Morgan fingerprint density at radius 3 is 2.50 bits per heavy atom. The number of amides is 1. The van der Waals surface area contributed by atoms with E-state index in [1.165, 1.54) is 5.56 Å². The van der Waals surface area contributed by atoms with Crippen molar-refractivity contribution in [2.24, 2.45) is 0 Å². The van der Waals surface area contributed by atoms with Crippen LogP contribution in [0.25, 0.3) is 0 Å². The van der Waals surface area contributed by atoms with Gasteiger partial charge in [-0.3, -0.25) is 4.79 Å². The zero-order chi connectivity index (χ0) is 14.6. The van der Waals surface area contributed by atoms with Crippen molar-refractivity contribution in [1.82, 2.24) is 5.32 Å². The quantitative estimate of drug-likeness (QED) is 0.646. The van der Waals surface area contributed by atoms with E-state index in [9.17, 15) is 4.79 Å². The van der Waals surface area contributed by atoms with Gasteiger partial charge in [0, 0.05) is 13.2 Å². The highest BCUT2D eigenvalue weighted by molar-refractivity contribution is 5.77. The first-order valence-corrected chi connectivity index (χ1v) is 7.35. The van der Waals surface area contributed by atoms with Crippen molar-refractivity contribution >= 4 is 5.91 Å². The number of unbranched alkanes of at least 4 members (excludes halogenated alkanes) is 3. The van der Waals surface area contributed by atoms with Crippen LogP contribution in [-0.4, -0.2) is 30.8 Å². The van der Waals surface area contributed by atoms with Gasteiger partial charge in [0.15, 0.2) is 6.61 Å². The van der Waals surface area contributed by atoms with Crippen LogP contribution >= 0.6 is 0 Å². The van der Waals surface area contributed by atoms with E-state index in [4.69, 9.17) is 9.84 Å². The van der Waals surface area contributed by atoms with E-state index >= 15 is 0 Å². The minimum absolute atomic E-state index is 0.0577. The van der Waals surface area contributed by atoms with Gasteiger partial charge < -0.3 is 15.2 Å². The number of benzene rings is 1. The van der Waals surface area contributed by atoms with E-state index in [0.717, 1.165) is 37.9 Å². The molecule has 0 aliphatic carbocycles. The Labute approximate surface area is 121 Å². The minimum Gasteiger partial charge on any atom is -0.484 e. The van der Waals surface area contributed by atoms with E-state index in [1.807, 2.05) is 24.3 Å². The Balaban J connectivity index is 2.10. The first-order chi connectivity index (χ1) is 9.76. The maximum atomic E-state index is 11.6. The van der Waals surface area contributed by atoms with Gasteiger partial charge in [0.2, 0.25) is 0 Å². The van der Waals surface area contributed by atoms with Gasteiger partial charge in [-0.05, 0) is 37.0 Å². The van der Waals surface area contributed by atoms with Gasteiger partial charge in [-0.25, -0.2) is 0 Å². The molecule has 1 amide bonds. The number of ether oxygens (including phenoxy) is 1. The SMILES string of the molecule is CCc1ccc(OCC(=O)NCCCCCCO)cc1. The molecule has 0 saturated heterocycles. The Kier molecular flexibility index (Phi) is 8.47. The minimum atomic E-state index is -0.0910. The second kappa shape index (κ2) is 10.3. The molecular weight excluding hydrogens is 254 g/mol. The molecule has 0 saturated carbocycles. The molecule has 0 aromatic heterocycles. The number of aryl methyl sites for hydroxylation is 1. The summed E-state index contributed by atoms with van der Waals surface area (Å²) < 4.78 is 5.42. The fourth-order valence-electron chi connectivity index (χ4n) is 1.84. The van der Waals surface area contributed by atoms with Gasteiger partial charge in [-0.2, -0.15) is 0 Å². The molecule has 4 nitrogen and oxygen atoms in total. The molecule has 1 aromatic rings. The van der Waals surface area contributed by atoms with Crippen LogP contribution in [0.4, 0.5) is 0 Å². The lowest BCUT2D eigenvalue weighted by Crippen LogP contribution is -2.29. The predicted molar refractivity (Wildman–Crippen MR) is 79.9 cm³/mol. The van der Waals surface area contributed by atoms with Gasteiger partial charge in [-0.15, -0.1) is 0 Å². The molecule has 0 aliphatic heterocycles. The number of nitrogens with one attached hydrogen (secondary N) is 1. The summed E-state index contributed by atoms with van der Waals surface area (Å²) in [4.78, 5) is 11.6. The molecule has 0 aliphatic rings. The number of carbonyl (C=O) groups excluding carboxylic acids is 1. The normalized spacial score (nSPS) is 10.3. The third-order valence-corrected chi connectivity index (χ3v) is 3.11. The molecule has 1 rings (SSSR count). The molecule has 0 unspecified atom stereocenters. The summed E-state index contributed by atoms with van der Waals surface area (Å²) >= 11 is 0. The lowest BCUT2D eigenvalue weighted by Gasteiger charge is -2.08. The summed E-state index contributed by atoms with van der Waals surface area (Å²) in [6, 6.07) is 7.80. The lowest BCUT2D eigenvalue weighted by atomic mass is 10.2. The number of hydrogen-bond acceptors (Lipinski definition) is 3. The molecule has 2 N–H and O–H groups in total. The maximum absolute atomic E-state index is 11.6. The second-order valence-electron chi connectivity index (χ2n) is 4.77. The van der Waals surface area contributed by atoms with E-state index in [-0.39, 0.29) is 19.1 Å². The van der Waals surface area contributed by atoms with Crippen LogP contribution in [0.2, 0.25) is 0 Å². The Bertz CT molecular complexity index is 376. The summed E-state index contributed by atoms with van der Waals surface area (Å²) in [5, 5.41) is 11.5. The van der Waals surface area contributed by atoms with Gasteiger partial charge in [0.05, 0.1) is 0 Å². The molecule has 20 heavy (non-hydrogen) atoms. The van der Waals surface area contributed by atoms with E-state index in [2.05, 4.69) is 12.2 Å². The van der Waals surface area contributed by atoms with Crippen LogP contribution in [0, 0.1) is 0 Å². The van der Waals surface area contributed by atoms with E-state index in [1.54, 1.807) is 0 Å². The smallest absolute Gasteiger partial charge is 0.257 e. The molecule has 4 heteroatoms. The van der Waals surface area contributed by atoms with Crippen LogP contribution in [0.5, 0.6) is 5.75 Å². The van der Waals surface area contributed by atoms with Crippen molar-refractivity contribution in [3.8, 4) is 5.75 Å². The monoisotopic (exact) mass is 279 g/mol. The zero-order valence-corrected chi connectivity index (χ0v) is 12.2. The number of carbonyl (C=O) groups is 1. The largest absolute Gasteiger partial charge is 0.484 e. The Morgan fingerprint density at radius 2 is 1.85 bits per heavy atom. The number of hydrogen-bond donors (Lipinski definition) is 2. The highest BCUT2D eigenvalue weighted by Gasteiger charge is 2.02. The molecule has 1 aromatic carbocycles. The van der Waals surface area contributed by atoms with Crippen LogP contribution < -0.4 is 10.1 Å². The van der Waals surface area contributed by atoms with Crippen molar-refractivity contribution in [2.75, 3.05) is 19.8 Å². The first kappa shape index (κ1) is 16.5. The van der Waals surface area contributed by atoms with E-state index < -0.39 is 0 Å². The number of rotatable bonds is 10. The number of aliphatic hydroxyl groups excluding tert-OH is 1. The summed E-state index contributed by atoms with van der Waals surface area (Å²) in [6.07, 6.45) is 4.81. The van der Waals surface area contributed by atoms with Crippen molar-refractivity contribution in [3.63, 3.8) is 0 Å². The average Bonchev–Trinajstić information content (AvgIpc) is 2.49. The van der Waals surface area contributed by atoms with Crippen molar-refractivity contribution in [1.29, 1.82) is 0 Å². The molecule has 0 heterocycles. The standard InChI is InChI=1S/C16H25NO3/c1-2-14-7-9-15(10-8-14)20-13-16(19)17-11-5-3-4-6-12-18/h7-10,18H,2-6,11-13H2,1H3,(H,17,19). The van der Waals surface area contributed by atoms with Crippen LogP contribution in [0.15, 0.2) is 24.3 Å². The van der Waals surface area contributed by atoms with Crippen molar-refractivity contribution < 1.29 is 14.6 Å². The van der Waals surface area contributed by atoms with Crippen molar-refractivity contribution in [2.45, 2.75) is 39.0 Å². The maximum Gasteiger partial charge on any atom is 0.257 e. The fraction of sp³-hybridized carbons (Fsp3) is 0.562. The van der Waals surface area contributed by atoms with Crippen LogP contribution in [0.3, 0.4) is 0 Å². The van der Waals surface area contributed by atoms with Gasteiger partial charge in [0.25, 0.3) is 5.91 Å². The highest BCUT2D eigenvalue weighted by Crippen LogP contribution is 2.12. The fourth-order valence-corrected chi connectivity index (χ4v) is 1.84. The third kappa shape index (κ3) is 7.14. The van der Waals surface area contributed by atoms with Gasteiger partial charge >= 0.3 is 0 Å². The summed E-state index contributed by atoms with van der Waals surface area (Å²) in [6.45, 7) is 3.07. The van der Waals surface area contributed by atoms with Gasteiger partial charge in [0.1, 0.15) is 5.75 Å². The number of aliphatic hydroxyl groups is 1. The van der Waals surface area contributed by atoms with Crippen molar-refractivity contribution in [3.05, 3.63) is 29.8 Å². The van der Waals surface area contributed by atoms with Crippen LogP contribution in [-0.2, 0) is 11.2 Å². The predicted octanol–water partition coefficient (Wildman–Crippen LogP) is 2.30. The molecule has 0 radical (unpaired) electrons. The third-order valence-electron chi connectivity index (χ3n) is 3.11. The van der Waals surface area contributed by atoms with Crippen LogP contribution in [0.1, 0.15) is 38.2 Å². The Hall–Kier alpha value is -1.55. The molecular formula is C16H25NO3. The topological polar surface area (TPSA) is 58.6 Å². The second-order valence-corrected chi connectivity index (χ2v) is 4.77. The zero-order valence-electron chi connectivity index (χ0n) is 12.2. The first-order valence-electron chi connectivity index (χ1n) is 7.35. The lowest BCUT2D eigenvalue weighted by molar-refractivity contribution is -0.123.